The van der Waals surface area contributed by atoms with Crippen LogP contribution in [0.4, 0.5) is 0 Å². The maximum Gasteiger partial charge on any atom is 0.237 e. The second-order valence-corrected chi connectivity index (χ2v) is 3.74. The minimum absolute atomic E-state index is 0.0582. The van der Waals surface area contributed by atoms with Crippen LogP contribution in [0.25, 0.3) is 0 Å². The predicted octanol–water partition coefficient (Wildman–Crippen LogP) is -1.46. The number of guanidine groups is 1. The summed E-state index contributed by atoms with van der Waals surface area (Å²) in [6.45, 7) is 2.03. The maximum absolute atomic E-state index is 11.6. The van der Waals surface area contributed by atoms with E-state index in [1.54, 1.807) is 7.05 Å². The van der Waals surface area contributed by atoms with Crippen molar-refractivity contribution in [3.8, 4) is 0 Å². The number of hydrogen-bond donors (Lipinski definition) is 5. The van der Waals surface area contributed by atoms with Crippen LogP contribution in [0.1, 0.15) is 19.8 Å². The molecule has 0 aliphatic carbocycles. The van der Waals surface area contributed by atoms with Crippen LogP contribution in [-0.2, 0) is 9.59 Å². The van der Waals surface area contributed by atoms with Crippen LogP contribution >= 0.6 is 0 Å². The largest absolute Gasteiger partial charge is 0.370 e. The highest BCUT2D eigenvalue weighted by atomic mass is 16.2. The van der Waals surface area contributed by atoms with E-state index < -0.39 is 0 Å². The molecule has 0 unspecified atom stereocenters. The molecule has 98 valence electrons. The molecule has 0 aliphatic rings. The molecule has 1 amide bonds. The van der Waals surface area contributed by atoms with Gasteiger partial charge in [0.15, 0.2) is 5.96 Å². The highest BCUT2D eigenvalue weighted by molar-refractivity contribution is 5.87. The van der Waals surface area contributed by atoms with Crippen molar-refractivity contribution in [2.45, 2.75) is 25.8 Å². The first-order valence-corrected chi connectivity index (χ1v) is 5.49. The number of likely N-dealkylation sites (N-methyl/N-ethyl adjacent to an activating group) is 1. The van der Waals surface area contributed by atoms with Gasteiger partial charge in [0.05, 0.1) is 12.6 Å². The van der Waals surface area contributed by atoms with Crippen LogP contribution in [0.15, 0.2) is 0 Å². The van der Waals surface area contributed by atoms with Crippen molar-refractivity contribution in [1.82, 2.24) is 16.0 Å². The lowest BCUT2D eigenvalue weighted by Crippen LogP contribution is -2.44. The van der Waals surface area contributed by atoms with Crippen LogP contribution < -0.4 is 21.7 Å². The average Bonchev–Trinajstić information content (AvgIpc) is 2.25. The molecule has 6 N–H and O–H groups in total. The first-order chi connectivity index (χ1) is 7.97. The summed E-state index contributed by atoms with van der Waals surface area (Å²) in [6.07, 6.45) is 1.32. The standard InChI is InChI=1S/C10H21N5O2/c1-7(16)6-15-9(17)8(13-2)4-3-5-14-10(11)12/h8,13H,3-6H2,1-2H3,(H,15,17)(H4,11,12,14)/t8-/m1/s1. The lowest BCUT2D eigenvalue weighted by molar-refractivity contribution is -0.126. The minimum atomic E-state index is -0.330. The summed E-state index contributed by atoms with van der Waals surface area (Å²) in [5.74, 6) is -0.344. The number of ketones is 1. The Balaban J connectivity index is 3.85. The molecule has 0 spiro atoms. The summed E-state index contributed by atoms with van der Waals surface area (Å²) >= 11 is 0. The molecule has 0 aliphatic heterocycles. The average molecular weight is 243 g/mol. The summed E-state index contributed by atoms with van der Waals surface area (Å²) in [5, 5.41) is 15.0. The van der Waals surface area contributed by atoms with Crippen LogP contribution in [0.3, 0.4) is 0 Å². The second kappa shape index (κ2) is 8.51. The molecule has 0 aromatic rings. The van der Waals surface area contributed by atoms with E-state index in [1.807, 2.05) is 0 Å². The SMILES string of the molecule is CN[C@H](CCCNC(=N)N)C(=O)NCC(C)=O. The lowest BCUT2D eigenvalue weighted by Gasteiger charge is -2.15. The second-order valence-electron chi connectivity index (χ2n) is 3.74. The van der Waals surface area contributed by atoms with Gasteiger partial charge in [0, 0.05) is 6.54 Å². The fourth-order valence-electron chi connectivity index (χ4n) is 1.27. The van der Waals surface area contributed by atoms with Gasteiger partial charge in [0.25, 0.3) is 0 Å². The molecular formula is C10H21N5O2. The number of carbonyl (C=O) groups excluding carboxylic acids is 2. The Morgan fingerprint density at radius 3 is 2.47 bits per heavy atom. The fourth-order valence-corrected chi connectivity index (χ4v) is 1.27. The zero-order valence-corrected chi connectivity index (χ0v) is 10.3. The number of carbonyl (C=O) groups is 2. The summed E-state index contributed by atoms with van der Waals surface area (Å²) in [4.78, 5) is 22.3. The van der Waals surface area contributed by atoms with Crippen LogP contribution in [0, 0.1) is 5.41 Å². The van der Waals surface area contributed by atoms with Crippen molar-refractivity contribution in [3.63, 3.8) is 0 Å². The Labute approximate surface area is 101 Å². The molecule has 0 aromatic carbocycles. The van der Waals surface area contributed by atoms with E-state index in [2.05, 4.69) is 16.0 Å². The molecule has 0 radical (unpaired) electrons. The Hall–Kier alpha value is -1.63. The molecule has 7 heteroatoms. The van der Waals surface area contributed by atoms with E-state index in [0.29, 0.717) is 19.4 Å². The van der Waals surface area contributed by atoms with E-state index in [4.69, 9.17) is 11.1 Å². The minimum Gasteiger partial charge on any atom is -0.370 e. The zero-order valence-electron chi connectivity index (χ0n) is 10.3. The van der Waals surface area contributed by atoms with Gasteiger partial charge in [-0.25, -0.2) is 0 Å². The monoisotopic (exact) mass is 243 g/mol. The number of nitrogens with two attached hydrogens (primary N) is 1. The summed E-state index contributed by atoms with van der Waals surface area (Å²) in [5.41, 5.74) is 5.12. The summed E-state index contributed by atoms with van der Waals surface area (Å²) < 4.78 is 0. The van der Waals surface area contributed by atoms with Gasteiger partial charge in [-0.1, -0.05) is 0 Å². The van der Waals surface area contributed by atoms with E-state index in [9.17, 15) is 9.59 Å². The molecule has 0 bridgehead atoms. The van der Waals surface area contributed by atoms with Crippen molar-refractivity contribution < 1.29 is 9.59 Å². The lowest BCUT2D eigenvalue weighted by atomic mass is 10.1. The summed E-state index contributed by atoms with van der Waals surface area (Å²) in [6, 6.07) is -0.330. The highest BCUT2D eigenvalue weighted by Gasteiger charge is 2.15. The Morgan fingerprint density at radius 1 is 1.35 bits per heavy atom. The van der Waals surface area contributed by atoms with Crippen molar-refractivity contribution >= 4 is 17.6 Å². The maximum atomic E-state index is 11.6. The van der Waals surface area contributed by atoms with Crippen LogP contribution in [0.2, 0.25) is 0 Å². The van der Waals surface area contributed by atoms with Crippen LogP contribution in [0.5, 0.6) is 0 Å². The molecule has 0 aromatic heterocycles. The Bertz CT molecular complexity index is 280. The van der Waals surface area contributed by atoms with E-state index in [0.717, 1.165) is 0 Å². The van der Waals surface area contributed by atoms with Gasteiger partial charge in [0.2, 0.25) is 5.91 Å². The third kappa shape index (κ3) is 8.21. The van der Waals surface area contributed by atoms with Gasteiger partial charge in [-0.15, -0.1) is 0 Å². The Morgan fingerprint density at radius 2 is 2.00 bits per heavy atom. The normalized spacial score (nSPS) is 11.6. The first kappa shape index (κ1) is 15.4. The molecule has 0 saturated carbocycles. The predicted molar refractivity (Wildman–Crippen MR) is 65.7 cm³/mol. The molecule has 17 heavy (non-hydrogen) atoms. The molecular weight excluding hydrogens is 222 g/mol. The molecule has 0 saturated heterocycles. The van der Waals surface area contributed by atoms with Crippen molar-refractivity contribution in [2.24, 2.45) is 5.73 Å². The van der Waals surface area contributed by atoms with Crippen molar-refractivity contribution in [2.75, 3.05) is 20.1 Å². The van der Waals surface area contributed by atoms with Crippen LogP contribution in [-0.4, -0.2) is 43.8 Å². The number of nitrogens with one attached hydrogen (secondary N) is 4. The van der Waals surface area contributed by atoms with E-state index in [-0.39, 0.29) is 30.2 Å². The van der Waals surface area contributed by atoms with Gasteiger partial charge in [-0.05, 0) is 26.8 Å². The van der Waals surface area contributed by atoms with E-state index in [1.165, 1.54) is 6.92 Å². The molecule has 0 fully saturated rings. The number of hydrogen-bond acceptors (Lipinski definition) is 4. The third-order valence-corrected chi connectivity index (χ3v) is 2.16. The summed E-state index contributed by atoms with van der Waals surface area (Å²) in [7, 11) is 1.69. The zero-order chi connectivity index (χ0) is 13.3. The van der Waals surface area contributed by atoms with Gasteiger partial charge >= 0.3 is 0 Å². The third-order valence-electron chi connectivity index (χ3n) is 2.16. The molecule has 1 atom stereocenters. The van der Waals surface area contributed by atoms with Gasteiger partial charge in [-0.2, -0.15) is 0 Å². The highest BCUT2D eigenvalue weighted by Crippen LogP contribution is 1.96. The Kier molecular flexibility index (Phi) is 7.70. The fraction of sp³-hybridized carbons (Fsp3) is 0.700. The van der Waals surface area contributed by atoms with Gasteiger partial charge < -0.3 is 21.7 Å². The van der Waals surface area contributed by atoms with Gasteiger partial charge in [-0.3, -0.25) is 15.0 Å². The van der Waals surface area contributed by atoms with Crippen molar-refractivity contribution in [1.29, 1.82) is 5.41 Å². The number of rotatable bonds is 8. The molecule has 0 heterocycles. The van der Waals surface area contributed by atoms with Gasteiger partial charge in [0.1, 0.15) is 5.78 Å². The smallest absolute Gasteiger partial charge is 0.237 e. The number of Topliss-reactive ketones (excluding diaryl/α,β-unsaturated/α-hetero) is 1. The molecule has 0 rings (SSSR count). The molecule has 7 nitrogen and oxygen atoms in total. The topological polar surface area (TPSA) is 120 Å². The number of amides is 1. The van der Waals surface area contributed by atoms with E-state index >= 15 is 0 Å². The first-order valence-electron chi connectivity index (χ1n) is 5.49. The van der Waals surface area contributed by atoms with Crippen molar-refractivity contribution in [3.05, 3.63) is 0 Å². The quantitative estimate of drug-likeness (QED) is 0.203.